The van der Waals surface area contributed by atoms with Crippen molar-refractivity contribution in [1.82, 2.24) is 14.5 Å². The second-order valence-corrected chi connectivity index (χ2v) is 6.80. The molecule has 0 saturated carbocycles. The normalized spacial score (nSPS) is 16.9. The summed E-state index contributed by atoms with van der Waals surface area (Å²) in [6, 6.07) is 7.32. The molecule has 0 bridgehead atoms. The lowest BCUT2D eigenvalue weighted by atomic mass is 10.0. The van der Waals surface area contributed by atoms with Crippen molar-refractivity contribution in [2.75, 3.05) is 33.9 Å². The lowest BCUT2D eigenvalue weighted by molar-refractivity contribution is 0.0787. The third-order valence-corrected chi connectivity index (χ3v) is 5.04. The molecule has 0 radical (unpaired) electrons. The summed E-state index contributed by atoms with van der Waals surface area (Å²) in [5.74, 6) is 2.39. The molecule has 26 heavy (non-hydrogen) atoms. The standard InChI is InChI=1S/C20H27N3O3/c1-15-13-21-19(23(15)10-11-25-2)12-16-8-9-22(14-16)20(24)17-4-6-18(26-3)7-5-17/h4-7,13,16H,8-12,14H2,1-3H3. The minimum absolute atomic E-state index is 0.0917. The van der Waals surface area contributed by atoms with E-state index in [1.165, 1.54) is 0 Å². The van der Waals surface area contributed by atoms with Crippen molar-refractivity contribution >= 4 is 5.91 Å². The molecule has 140 valence electrons. The van der Waals surface area contributed by atoms with Crippen LogP contribution in [0.1, 0.15) is 28.3 Å². The lowest BCUT2D eigenvalue weighted by Gasteiger charge is -2.17. The Hall–Kier alpha value is -2.34. The zero-order valence-electron chi connectivity index (χ0n) is 15.8. The Balaban J connectivity index is 1.61. The molecule has 1 fully saturated rings. The second kappa shape index (κ2) is 8.36. The third-order valence-electron chi connectivity index (χ3n) is 5.04. The summed E-state index contributed by atoms with van der Waals surface area (Å²) in [6.07, 6.45) is 3.82. The molecule has 6 nitrogen and oxygen atoms in total. The Kier molecular flexibility index (Phi) is 5.93. The van der Waals surface area contributed by atoms with Gasteiger partial charge in [0.05, 0.1) is 13.7 Å². The maximum atomic E-state index is 12.7. The fourth-order valence-electron chi connectivity index (χ4n) is 3.52. The number of imidazole rings is 1. The molecule has 1 atom stereocenters. The van der Waals surface area contributed by atoms with Gasteiger partial charge in [0.15, 0.2) is 0 Å². The molecule has 1 amide bonds. The van der Waals surface area contributed by atoms with Gasteiger partial charge in [-0.3, -0.25) is 4.79 Å². The van der Waals surface area contributed by atoms with Crippen LogP contribution in [0.15, 0.2) is 30.5 Å². The molecule has 0 aliphatic carbocycles. The van der Waals surface area contributed by atoms with E-state index in [9.17, 15) is 4.79 Å². The van der Waals surface area contributed by atoms with Crippen molar-refractivity contribution in [2.45, 2.75) is 26.3 Å². The van der Waals surface area contributed by atoms with Crippen LogP contribution in [0.2, 0.25) is 0 Å². The van der Waals surface area contributed by atoms with E-state index in [2.05, 4.69) is 16.5 Å². The van der Waals surface area contributed by atoms with Crippen molar-refractivity contribution in [3.8, 4) is 5.75 Å². The van der Waals surface area contributed by atoms with Gasteiger partial charge in [0.25, 0.3) is 5.91 Å². The fourth-order valence-corrected chi connectivity index (χ4v) is 3.52. The summed E-state index contributed by atoms with van der Waals surface area (Å²) in [5, 5.41) is 0. The van der Waals surface area contributed by atoms with Crippen LogP contribution in [0.25, 0.3) is 0 Å². The molecule has 1 saturated heterocycles. The van der Waals surface area contributed by atoms with Crippen molar-refractivity contribution in [3.63, 3.8) is 0 Å². The molecule has 1 aromatic carbocycles. The molecule has 1 aliphatic heterocycles. The maximum Gasteiger partial charge on any atom is 0.253 e. The molecule has 0 N–H and O–H groups in total. The van der Waals surface area contributed by atoms with Gasteiger partial charge in [-0.1, -0.05) is 0 Å². The van der Waals surface area contributed by atoms with Crippen LogP contribution < -0.4 is 4.74 Å². The van der Waals surface area contributed by atoms with E-state index in [-0.39, 0.29) is 5.91 Å². The predicted molar refractivity (Wildman–Crippen MR) is 99.5 cm³/mol. The SMILES string of the molecule is COCCn1c(C)cnc1CC1CCN(C(=O)c2ccc(OC)cc2)C1. The maximum absolute atomic E-state index is 12.7. The van der Waals surface area contributed by atoms with Gasteiger partial charge in [-0.2, -0.15) is 0 Å². The zero-order chi connectivity index (χ0) is 18.5. The van der Waals surface area contributed by atoms with E-state index in [0.29, 0.717) is 18.1 Å². The third kappa shape index (κ3) is 4.07. The average Bonchev–Trinajstić information content (AvgIpc) is 3.27. The summed E-state index contributed by atoms with van der Waals surface area (Å²) in [5.41, 5.74) is 1.87. The Morgan fingerprint density at radius 2 is 2.04 bits per heavy atom. The van der Waals surface area contributed by atoms with E-state index in [1.807, 2.05) is 35.4 Å². The highest BCUT2D eigenvalue weighted by Crippen LogP contribution is 2.23. The molecule has 1 aliphatic rings. The number of ether oxygens (including phenoxy) is 2. The van der Waals surface area contributed by atoms with E-state index in [1.54, 1.807) is 14.2 Å². The highest BCUT2D eigenvalue weighted by atomic mass is 16.5. The fraction of sp³-hybridized carbons (Fsp3) is 0.500. The Morgan fingerprint density at radius 3 is 2.73 bits per heavy atom. The Bertz CT molecular complexity index is 739. The van der Waals surface area contributed by atoms with E-state index < -0.39 is 0 Å². The summed E-state index contributed by atoms with van der Waals surface area (Å²) in [4.78, 5) is 19.2. The molecular formula is C20H27N3O3. The number of likely N-dealkylation sites (tertiary alicyclic amines) is 1. The topological polar surface area (TPSA) is 56.6 Å². The number of carbonyl (C=O) groups is 1. The summed E-state index contributed by atoms with van der Waals surface area (Å²) < 4.78 is 12.6. The Labute approximate surface area is 154 Å². The van der Waals surface area contributed by atoms with Crippen LogP contribution in [0.5, 0.6) is 5.75 Å². The van der Waals surface area contributed by atoms with Gasteiger partial charge in [-0.05, 0) is 43.5 Å². The van der Waals surface area contributed by atoms with Crippen LogP contribution in [-0.4, -0.2) is 54.3 Å². The van der Waals surface area contributed by atoms with Crippen LogP contribution in [0.3, 0.4) is 0 Å². The number of amides is 1. The molecule has 1 aromatic heterocycles. The minimum Gasteiger partial charge on any atom is -0.497 e. The summed E-state index contributed by atoms with van der Waals surface area (Å²) in [6.45, 7) is 5.14. The number of methoxy groups -OCH3 is 2. The molecule has 6 heteroatoms. The second-order valence-electron chi connectivity index (χ2n) is 6.80. The number of rotatable bonds is 7. The van der Waals surface area contributed by atoms with Crippen LogP contribution in [-0.2, 0) is 17.7 Å². The molecular weight excluding hydrogens is 330 g/mol. The highest BCUT2D eigenvalue weighted by Gasteiger charge is 2.28. The monoisotopic (exact) mass is 357 g/mol. The van der Waals surface area contributed by atoms with Crippen molar-refractivity contribution in [2.24, 2.45) is 5.92 Å². The number of benzene rings is 1. The number of aryl methyl sites for hydroxylation is 1. The van der Waals surface area contributed by atoms with E-state index >= 15 is 0 Å². The molecule has 1 unspecified atom stereocenters. The molecule has 0 spiro atoms. The number of hydrogen-bond acceptors (Lipinski definition) is 4. The van der Waals surface area contributed by atoms with Crippen LogP contribution in [0, 0.1) is 12.8 Å². The van der Waals surface area contributed by atoms with Gasteiger partial charge in [0, 0.05) is 50.6 Å². The first-order valence-electron chi connectivity index (χ1n) is 9.05. The van der Waals surface area contributed by atoms with Gasteiger partial charge < -0.3 is 18.9 Å². The largest absolute Gasteiger partial charge is 0.497 e. The first-order valence-corrected chi connectivity index (χ1v) is 9.05. The van der Waals surface area contributed by atoms with Crippen molar-refractivity contribution in [1.29, 1.82) is 0 Å². The Morgan fingerprint density at radius 1 is 1.27 bits per heavy atom. The minimum atomic E-state index is 0.0917. The van der Waals surface area contributed by atoms with Gasteiger partial charge in [0.1, 0.15) is 11.6 Å². The highest BCUT2D eigenvalue weighted by molar-refractivity contribution is 5.94. The smallest absolute Gasteiger partial charge is 0.253 e. The van der Waals surface area contributed by atoms with E-state index in [4.69, 9.17) is 9.47 Å². The van der Waals surface area contributed by atoms with Crippen molar-refractivity contribution in [3.05, 3.63) is 47.5 Å². The molecule has 3 rings (SSSR count). The van der Waals surface area contributed by atoms with Gasteiger partial charge in [-0.25, -0.2) is 4.98 Å². The van der Waals surface area contributed by atoms with Crippen LogP contribution in [0.4, 0.5) is 0 Å². The number of nitrogens with zero attached hydrogens (tertiary/aromatic N) is 3. The first kappa shape index (κ1) is 18.5. The number of aromatic nitrogens is 2. The van der Waals surface area contributed by atoms with Gasteiger partial charge in [0.2, 0.25) is 0 Å². The summed E-state index contributed by atoms with van der Waals surface area (Å²) >= 11 is 0. The molecule has 2 heterocycles. The number of carbonyl (C=O) groups excluding carboxylic acids is 1. The average molecular weight is 357 g/mol. The first-order chi connectivity index (χ1) is 12.6. The number of hydrogen-bond donors (Lipinski definition) is 0. The van der Waals surface area contributed by atoms with Crippen LogP contribution >= 0.6 is 0 Å². The lowest BCUT2D eigenvalue weighted by Crippen LogP contribution is -2.29. The summed E-state index contributed by atoms with van der Waals surface area (Å²) in [7, 11) is 3.34. The molecule has 2 aromatic rings. The van der Waals surface area contributed by atoms with Crippen molar-refractivity contribution < 1.29 is 14.3 Å². The predicted octanol–water partition coefficient (Wildman–Crippen LogP) is 2.55. The van der Waals surface area contributed by atoms with Gasteiger partial charge >= 0.3 is 0 Å². The van der Waals surface area contributed by atoms with Gasteiger partial charge in [-0.15, -0.1) is 0 Å². The van der Waals surface area contributed by atoms with E-state index in [0.717, 1.165) is 49.7 Å². The quantitative estimate of drug-likeness (QED) is 0.764. The zero-order valence-corrected chi connectivity index (χ0v) is 15.8.